The molecular formula is C11H18N2O2. The molecule has 0 amide bonds. The molecule has 0 bridgehead atoms. The number of nitrogens with one attached hydrogen (secondary N) is 1. The van der Waals surface area contributed by atoms with Crippen LogP contribution >= 0.6 is 0 Å². The minimum absolute atomic E-state index is 0.00740. The largest absolute Gasteiger partial charge is 0.462 e. The zero-order valence-corrected chi connectivity index (χ0v) is 9.38. The summed E-state index contributed by atoms with van der Waals surface area (Å²) in [6, 6.07) is 1.78. The molecule has 1 N–H and O–H groups in total. The molecule has 0 heterocycles. The maximum absolute atomic E-state index is 11.2. The highest BCUT2D eigenvalue weighted by Gasteiger charge is 2.09. The number of ether oxygens (including phenoxy) is 1. The first-order valence-corrected chi connectivity index (χ1v) is 5.20. The lowest BCUT2D eigenvalue weighted by Gasteiger charge is -2.03. The molecule has 4 heteroatoms. The van der Waals surface area contributed by atoms with E-state index in [-0.39, 0.29) is 5.57 Å². The zero-order valence-electron chi connectivity index (χ0n) is 9.38. The molecule has 0 fully saturated rings. The van der Waals surface area contributed by atoms with Crippen molar-refractivity contribution >= 4 is 5.97 Å². The molecule has 0 spiro atoms. The Bertz CT molecular complexity index is 254. The third kappa shape index (κ3) is 6.55. The maximum atomic E-state index is 11.2. The maximum Gasteiger partial charge on any atom is 0.350 e. The van der Waals surface area contributed by atoms with Gasteiger partial charge in [0.05, 0.1) is 6.61 Å². The molecule has 15 heavy (non-hydrogen) atoms. The molecule has 0 aromatic rings. The van der Waals surface area contributed by atoms with Crippen LogP contribution in [0.15, 0.2) is 11.8 Å². The molecule has 0 aliphatic heterocycles. The average molecular weight is 210 g/mol. The normalized spacial score (nSPS) is 10.6. The standard InChI is InChI=1S/C11H18N2O2/c1-3-4-5-6-7-15-11(14)10(8-12)9-13-2/h9,13H,3-7H2,1-2H3. The van der Waals surface area contributed by atoms with E-state index in [1.165, 1.54) is 6.20 Å². The molecule has 0 saturated carbocycles. The van der Waals surface area contributed by atoms with Crippen molar-refractivity contribution in [2.24, 2.45) is 0 Å². The molecule has 0 aromatic heterocycles. The average Bonchev–Trinajstić information content (AvgIpc) is 2.25. The van der Waals surface area contributed by atoms with Crippen LogP contribution in [0, 0.1) is 11.3 Å². The first kappa shape index (κ1) is 13.5. The van der Waals surface area contributed by atoms with Crippen molar-refractivity contribution < 1.29 is 9.53 Å². The van der Waals surface area contributed by atoms with Crippen LogP contribution in [0.3, 0.4) is 0 Å². The highest BCUT2D eigenvalue weighted by atomic mass is 16.5. The first-order valence-electron chi connectivity index (χ1n) is 5.20. The number of rotatable bonds is 7. The summed E-state index contributed by atoms with van der Waals surface area (Å²) in [5.41, 5.74) is 0.00740. The molecule has 84 valence electrons. The van der Waals surface area contributed by atoms with Crippen LogP contribution in [0.25, 0.3) is 0 Å². The lowest BCUT2D eigenvalue weighted by atomic mass is 10.2. The number of nitriles is 1. The summed E-state index contributed by atoms with van der Waals surface area (Å²) in [4.78, 5) is 11.2. The predicted octanol–water partition coefficient (Wildman–Crippen LogP) is 1.74. The van der Waals surface area contributed by atoms with E-state index in [9.17, 15) is 4.79 Å². The van der Waals surface area contributed by atoms with Gasteiger partial charge in [-0.15, -0.1) is 0 Å². The zero-order chi connectivity index (χ0) is 11.5. The number of carbonyl (C=O) groups is 1. The van der Waals surface area contributed by atoms with Crippen molar-refractivity contribution in [1.82, 2.24) is 5.32 Å². The van der Waals surface area contributed by atoms with Gasteiger partial charge in [0.2, 0.25) is 0 Å². The molecular weight excluding hydrogens is 192 g/mol. The van der Waals surface area contributed by atoms with Gasteiger partial charge in [-0.05, 0) is 6.42 Å². The molecule has 0 atom stereocenters. The molecule has 0 unspecified atom stereocenters. The van der Waals surface area contributed by atoms with Crippen molar-refractivity contribution in [2.75, 3.05) is 13.7 Å². The van der Waals surface area contributed by atoms with Gasteiger partial charge < -0.3 is 10.1 Å². The lowest BCUT2D eigenvalue weighted by molar-refractivity contribution is -0.138. The van der Waals surface area contributed by atoms with Crippen LogP contribution in [0.4, 0.5) is 0 Å². The summed E-state index contributed by atoms with van der Waals surface area (Å²) in [5.74, 6) is -0.552. The highest BCUT2D eigenvalue weighted by Crippen LogP contribution is 2.01. The predicted molar refractivity (Wildman–Crippen MR) is 57.9 cm³/mol. The number of hydrogen-bond acceptors (Lipinski definition) is 4. The van der Waals surface area contributed by atoms with Gasteiger partial charge >= 0.3 is 5.97 Å². The van der Waals surface area contributed by atoms with Crippen LogP contribution < -0.4 is 5.32 Å². The molecule has 0 aromatic carbocycles. The minimum atomic E-state index is -0.552. The van der Waals surface area contributed by atoms with Gasteiger partial charge in [-0.25, -0.2) is 4.79 Å². The minimum Gasteiger partial charge on any atom is -0.462 e. The third-order valence-electron chi connectivity index (χ3n) is 1.86. The fourth-order valence-electron chi connectivity index (χ4n) is 1.05. The summed E-state index contributed by atoms with van der Waals surface area (Å²) in [5, 5.41) is 11.2. The van der Waals surface area contributed by atoms with E-state index in [1.54, 1.807) is 13.1 Å². The lowest BCUT2D eigenvalue weighted by Crippen LogP contribution is -2.10. The van der Waals surface area contributed by atoms with Gasteiger partial charge in [-0.3, -0.25) is 0 Å². The van der Waals surface area contributed by atoms with Crippen LogP contribution in [0.2, 0.25) is 0 Å². The van der Waals surface area contributed by atoms with Crippen LogP contribution in [-0.2, 0) is 9.53 Å². The summed E-state index contributed by atoms with van der Waals surface area (Å²) >= 11 is 0. The van der Waals surface area contributed by atoms with E-state index in [0.29, 0.717) is 6.61 Å². The highest BCUT2D eigenvalue weighted by molar-refractivity contribution is 5.92. The smallest absolute Gasteiger partial charge is 0.350 e. The Kier molecular flexibility index (Phi) is 8.16. The summed E-state index contributed by atoms with van der Waals surface area (Å²) in [6.45, 7) is 2.51. The Morgan fingerprint density at radius 1 is 1.47 bits per heavy atom. The Labute approximate surface area is 90.9 Å². The fraction of sp³-hybridized carbons (Fsp3) is 0.636. The molecule has 0 rings (SSSR count). The Hall–Kier alpha value is -1.50. The second-order valence-corrected chi connectivity index (χ2v) is 3.16. The Morgan fingerprint density at radius 2 is 2.20 bits per heavy atom. The number of unbranched alkanes of at least 4 members (excludes halogenated alkanes) is 3. The van der Waals surface area contributed by atoms with Crippen LogP contribution in [0.5, 0.6) is 0 Å². The van der Waals surface area contributed by atoms with Gasteiger partial charge in [0.1, 0.15) is 6.07 Å². The molecule has 0 saturated heterocycles. The summed E-state index contributed by atoms with van der Waals surface area (Å²) < 4.78 is 4.92. The Morgan fingerprint density at radius 3 is 2.73 bits per heavy atom. The number of carbonyl (C=O) groups excluding carboxylic acids is 1. The second-order valence-electron chi connectivity index (χ2n) is 3.16. The third-order valence-corrected chi connectivity index (χ3v) is 1.86. The molecule has 4 nitrogen and oxygen atoms in total. The first-order chi connectivity index (χ1) is 7.26. The van der Waals surface area contributed by atoms with Crippen LogP contribution in [-0.4, -0.2) is 19.6 Å². The molecule has 0 aliphatic rings. The van der Waals surface area contributed by atoms with Gasteiger partial charge in [0.15, 0.2) is 5.57 Å². The summed E-state index contributed by atoms with van der Waals surface area (Å²) in [6.07, 6.45) is 5.56. The van der Waals surface area contributed by atoms with Crippen molar-refractivity contribution in [1.29, 1.82) is 5.26 Å². The quantitative estimate of drug-likeness (QED) is 0.301. The van der Waals surface area contributed by atoms with E-state index in [2.05, 4.69) is 12.2 Å². The topological polar surface area (TPSA) is 62.1 Å². The number of nitrogens with zero attached hydrogens (tertiary/aromatic N) is 1. The van der Waals surface area contributed by atoms with Crippen molar-refractivity contribution in [3.8, 4) is 6.07 Å². The van der Waals surface area contributed by atoms with Crippen molar-refractivity contribution in [3.63, 3.8) is 0 Å². The molecule has 0 aliphatic carbocycles. The summed E-state index contributed by atoms with van der Waals surface area (Å²) in [7, 11) is 1.63. The van der Waals surface area contributed by atoms with Crippen molar-refractivity contribution in [2.45, 2.75) is 32.6 Å². The van der Waals surface area contributed by atoms with E-state index in [4.69, 9.17) is 10.00 Å². The van der Waals surface area contributed by atoms with Gasteiger partial charge in [0, 0.05) is 13.2 Å². The molecule has 0 radical (unpaired) electrons. The van der Waals surface area contributed by atoms with Gasteiger partial charge in [-0.2, -0.15) is 5.26 Å². The van der Waals surface area contributed by atoms with E-state index >= 15 is 0 Å². The van der Waals surface area contributed by atoms with Crippen molar-refractivity contribution in [3.05, 3.63) is 11.8 Å². The Balaban J connectivity index is 3.74. The van der Waals surface area contributed by atoms with Gasteiger partial charge in [-0.1, -0.05) is 26.2 Å². The number of hydrogen-bond donors (Lipinski definition) is 1. The monoisotopic (exact) mass is 210 g/mol. The SMILES string of the molecule is CCCCCCOC(=O)C(C#N)=CNC. The van der Waals surface area contributed by atoms with E-state index in [0.717, 1.165) is 25.7 Å². The van der Waals surface area contributed by atoms with Crippen LogP contribution in [0.1, 0.15) is 32.6 Å². The van der Waals surface area contributed by atoms with Gasteiger partial charge in [0.25, 0.3) is 0 Å². The number of esters is 1. The second kappa shape index (κ2) is 9.07. The van der Waals surface area contributed by atoms with E-state index in [1.807, 2.05) is 0 Å². The fourth-order valence-corrected chi connectivity index (χ4v) is 1.05. The van der Waals surface area contributed by atoms with E-state index < -0.39 is 5.97 Å².